The van der Waals surface area contributed by atoms with Gasteiger partial charge in [-0.05, 0) is 5.56 Å². The molecule has 0 saturated heterocycles. The average molecular weight is 220 g/mol. The van der Waals surface area contributed by atoms with Crippen molar-refractivity contribution < 1.29 is 9.59 Å². The molecule has 86 valence electrons. The number of carbonyl (C=O) groups excluding carboxylic acids is 2. The fourth-order valence-electron chi connectivity index (χ4n) is 1.37. The van der Waals surface area contributed by atoms with Crippen molar-refractivity contribution in [1.82, 2.24) is 5.32 Å². The first-order valence-electron chi connectivity index (χ1n) is 5.26. The van der Waals surface area contributed by atoms with Gasteiger partial charge in [0, 0.05) is 12.8 Å². The van der Waals surface area contributed by atoms with Crippen LogP contribution in [0.15, 0.2) is 30.3 Å². The second-order valence-corrected chi connectivity index (χ2v) is 3.57. The lowest BCUT2D eigenvalue weighted by molar-refractivity contribution is -0.127. The van der Waals surface area contributed by atoms with Crippen LogP contribution in [-0.2, 0) is 16.0 Å². The van der Waals surface area contributed by atoms with E-state index in [0.29, 0.717) is 12.8 Å². The maximum Gasteiger partial charge on any atom is 0.240 e. The smallest absolute Gasteiger partial charge is 0.240 e. The number of carbonyl (C=O) groups is 2. The van der Waals surface area contributed by atoms with Crippen molar-refractivity contribution in [2.75, 3.05) is 0 Å². The summed E-state index contributed by atoms with van der Waals surface area (Å²) in [5, 5.41) is 2.60. The van der Waals surface area contributed by atoms with Crippen LogP contribution in [0.4, 0.5) is 0 Å². The first-order valence-corrected chi connectivity index (χ1v) is 5.26. The number of rotatable bonds is 5. The summed E-state index contributed by atoms with van der Waals surface area (Å²) in [6.45, 7) is 1.73. The van der Waals surface area contributed by atoms with E-state index >= 15 is 0 Å². The number of amides is 2. The molecule has 0 aromatic heterocycles. The van der Waals surface area contributed by atoms with E-state index in [0.717, 1.165) is 5.56 Å². The Balaban J connectivity index is 2.65. The highest BCUT2D eigenvalue weighted by atomic mass is 16.2. The Kier molecular flexibility index (Phi) is 4.51. The molecule has 1 atom stereocenters. The number of hydrogen-bond acceptors (Lipinski definition) is 2. The van der Waals surface area contributed by atoms with Crippen LogP contribution in [0.3, 0.4) is 0 Å². The molecule has 0 heterocycles. The van der Waals surface area contributed by atoms with Crippen LogP contribution in [0.5, 0.6) is 0 Å². The molecule has 0 bridgehead atoms. The maximum absolute atomic E-state index is 11.2. The van der Waals surface area contributed by atoms with E-state index in [1.165, 1.54) is 0 Å². The summed E-state index contributed by atoms with van der Waals surface area (Å²) < 4.78 is 0. The summed E-state index contributed by atoms with van der Waals surface area (Å²) in [6.07, 6.45) is 0.778. The molecule has 4 heteroatoms. The van der Waals surface area contributed by atoms with Crippen LogP contribution in [0.1, 0.15) is 18.9 Å². The number of nitrogens with one attached hydrogen (secondary N) is 1. The summed E-state index contributed by atoms with van der Waals surface area (Å²) in [4.78, 5) is 22.4. The molecule has 0 aliphatic carbocycles. The highest BCUT2D eigenvalue weighted by molar-refractivity contribution is 5.86. The van der Waals surface area contributed by atoms with Crippen LogP contribution in [0.25, 0.3) is 0 Å². The van der Waals surface area contributed by atoms with Gasteiger partial charge in [-0.3, -0.25) is 9.59 Å². The molecule has 1 rings (SSSR count). The van der Waals surface area contributed by atoms with Gasteiger partial charge in [-0.15, -0.1) is 0 Å². The van der Waals surface area contributed by atoms with Crippen LogP contribution >= 0.6 is 0 Å². The van der Waals surface area contributed by atoms with E-state index in [-0.39, 0.29) is 5.91 Å². The van der Waals surface area contributed by atoms with Crippen molar-refractivity contribution in [1.29, 1.82) is 0 Å². The summed E-state index contributed by atoms with van der Waals surface area (Å²) in [5.74, 6) is -0.676. The Morgan fingerprint density at radius 1 is 1.31 bits per heavy atom. The van der Waals surface area contributed by atoms with Crippen LogP contribution in [-0.4, -0.2) is 17.9 Å². The molecular weight excluding hydrogens is 204 g/mol. The molecule has 4 nitrogen and oxygen atoms in total. The van der Waals surface area contributed by atoms with Gasteiger partial charge < -0.3 is 11.1 Å². The normalized spacial score (nSPS) is 11.8. The minimum Gasteiger partial charge on any atom is -0.368 e. The van der Waals surface area contributed by atoms with Crippen molar-refractivity contribution in [2.24, 2.45) is 5.73 Å². The monoisotopic (exact) mass is 220 g/mol. The first kappa shape index (κ1) is 12.2. The third-order valence-corrected chi connectivity index (χ3v) is 2.28. The first-order chi connectivity index (χ1) is 7.63. The number of nitrogens with two attached hydrogens (primary N) is 1. The Morgan fingerprint density at radius 3 is 2.44 bits per heavy atom. The molecule has 0 radical (unpaired) electrons. The molecule has 0 fully saturated rings. The van der Waals surface area contributed by atoms with E-state index in [2.05, 4.69) is 5.32 Å². The van der Waals surface area contributed by atoms with Gasteiger partial charge in [0.15, 0.2) is 0 Å². The number of benzene rings is 1. The minimum atomic E-state index is -0.630. The third-order valence-electron chi connectivity index (χ3n) is 2.28. The maximum atomic E-state index is 11.2. The van der Waals surface area contributed by atoms with Gasteiger partial charge in [-0.1, -0.05) is 37.3 Å². The topological polar surface area (TPSA) is 72.2 Å². The van der Waals surface area contributed by atoms with Gasteiger partial charge in [0.05, 0.1) is 0 Å². The fourth-order valence-corrected chi connectivity index (χ4v) is 1.37. The van der Waals surface area contributed by atoms with E-state index < -0.39 is 11.9 Å². The van der Waals surface area contributed by atoms with Crippen molar-refractivity contribution >= 4 is 11.8 Å². The second-order valence-electron chi connectivity index (χ2n) is 3.57. The molecule has 1 aromatic rings. The molecule has 0 saturated carbocycles. The van der Waals surface area contributed by atoms with Crippen molar-refractivity contribution in [2.45, 2.75) is 25.8 Å². The lowest BCUT2D eigenvalue weighted by Crippen LogP contribution is -2.45. The Hall–Kier alpha value is -1.84. The Labute approximate surface area is 94.8 Å². The molecular formula is C12H16N2O2. The Bertz CT molecular complexity index is 363. The van der Waals surface area contributed by atoms with Gasteiger partial charge in [-0.2, -0.15) is 0 Å². The Morgan fingerprint density at radius 2 is 1.94 bits per heavy atom. The second kappa shape index (κ2) is 5.90. The molecule has 2 amide bonds. The quantitative estimate of drug-likeness (QED) is 0.763. The van der Waals surface area contributed by atoms with Gasteiger partial charge in [0.2, 0.25) is 11.8 Å². The minimum absolute atomic E-state index is 0.167. The van der Waals surface area contributed by atoms with Crippen molar-refractivity contribution in [3.63, 3.8) is 0 Å². The third kappa shape index (κ3) is 3.73. The van der Waals surface area contributed by atoms with E-state index in [9.17, 15) is 9.59 Å². The van der Waals surface area contributed by atoms with E-state index in [1.807, 2.05) is 30.3 Å². The largest absolute Gasteiger partial charge is 0.368 e. The lowest BCUT2D eigenvalue weighted by Gasteiger charge is -2.14. The zero-order valence-corrected chi connectivity index (χ0v) is 9.27. The summed E-state index contributed by atoms with van der Waals surface area (Å²) in [5.41, 5.74) is 6.21. The highest BCUT2D eigenvalue weighted by Gasteiger charge is 2.17. The average Bonchev–Trinajstić information content (AvgIpc) is 2.29. The molecule has 1 unspecified atom stereocenters. The molecule has 0 aliphatic rings. The fraction of sp³-hybridized carbons (Fsp3) is 0.333. The summed E-state index contributed by atoms with van der Waals surface area (Å²) in [6, 6.07) is 8.83. The van der Waals surface area contributed by atoms with Gasteiger partial charge in [0.1, 0.15) is 6.04 Å². The number of primary amides is 1. The standard InChI is InChI=1S/C12H16N2O2/c1-2-11(15)14-10(12(13)16)8-9-6-4-3-5-7-9/h3-7,10H,2,8H2,1H3,(H2,13,16)(H,14,15). The predicted octanol–water partition coefficient (Wildman–Crippen LogP) is 0.609. The molecule has 3 N–H and O–H groups in total. The zero-order chi connectivity index (χ0) is 12.0. The lowest BCUT2D eigenvalue weighted by atomic mass is 10.1. The van der Waals surface area contributed by atoms with Crippen molar-refractivity contribution in [3.05, 3.63) is 35.9 Å². The van der Waals surface area contributed by atoms with Gasteiger partial charge in [-0.25, -0.2) is 0 Å². The predicted molar refractivity (Wildman–Crippen MR) is 61.6 cm³/mol. The van der Waals surface area contributed by atoms with Crippen LogP contribution < -0.4 is 11.1 Å². The van der Waals surface area contributed by atoms with Crippen molar-refractivity contribution in [3.8, 4) is 0 Å². The van der Waals surface area contributed by atoms with Crippen LogP contribution in [0, 0.1) is 0 Å². The van der Waals surface area contributed by atoms with Crippen LogP contribution in [0.2, 0.25) is 0 Å². The highest BCUT2D eigenvalue weighted by Crippen LogP contribution is 2.03. The summed E-state index contributed by atoms with van der Waals surface area (Å²) >= 11 is 0. The van der Waals surface area contributed by atoms with E-state index in [1.54, 1.807) is 6.92 Å². The summed E-state index contributed by atoms with van der Waals surface area (Å²) in [7, 11) is 0. The van der Waals surface area contributed by atoms with E-state index in [4.69, 9.17) is 5.73 Å². The SMILES string of the molecule is CCC(=O)NC(Cc1ccccc1)C(N)=O. The molecule has 0 spiro atoms. The number of hydrogen-bond donors (Lipinski definition) is 2. The molecule has 0 aliphatic heterocycles. The van der Waals surface area contributed by atoms with Gasteiger partial charge >= 0.3 is 0 Å². The molecule has 16 heavy (non-hydrogen) atoms. The molecule has 1 aromatic carbocycles. The zero-order valence-electron chi connectivity index (χ0n) is 9.27. The van der Waals surface area contributed by atoms with Gasteiger partial charge in [0.25, 0.3) is 0 Å².